The summed E-state index contributed by atoms with van der Waals surface area (Å²) in [6, 6.07) is 11.5. The molecule has 3 amide bonds. The van der Waals surface area contributed by atoms with Crippen molar-refractivity contribution in [3.8, 4) is 0 Å². The van der Waals surface area contributed by atoms with Gasteiger partial charge in [-0.3, -0.25) is 19.2 Å². The van der Waals surface area contributed by atoms with Gasteiger partial charge in [0.2, 0.25) is 0 Å². The molecule has 0 N–H and O–H groups in total. The van der Waals surface area contributed by atoms with Crippen LogP contribution in [0.2, 0.25) is 40.2 Å². The fourth-order valence-electron chi connectivity index (χ4n) is 9.39. The number of imide groups is 1. The molecule has 0 bridgehead atoms. The van der Waals surface area contributed by atoms with E-state index in [9.17, 15) is 4.79 Å². The predicted molar refractivity (Wildman–Crippen MR) is 266 cm³/mol. The molecule has 1 aliphatic heterocycles. The average Bonchev–Trinajstić information content (AvgIpc) is 3.23. The number of aldehydes is 1. The molecule has 1 aliphatic rings. The van der Waals surface area contributed by atoms with Gasteiger partial charge in [-0.25, -0.2) is 4.90 Å². The largest absolute Gasteiger partial charge is 0.311 e. The quantitative estimate of drug-likeness (QED) is 0.0658. The summed E-state index contributed by atoms with van der Waals surface area (Å²) < 4.78 is 0. The van der Waals surface area contributed by atoms with E-state index in [1.54, 1.807) is 7.05 Å². The molecule has 1 heterocycles. The molecule has 7 aromatic carbocycles. The highest BCUT2D eigenvalue weighted by Gasteiger charge is 2.44. The smallest absolute Gasteiger partial charge is 0.267 e. The van der Waals surface area contributed by atoms with Crippen LogP contribution in [0.4, 0.5) is 11.4 Å². The standard InChI is InChI=1S/C49H38Cl8N2O4/c1-17(2)21-12-10-13-22(18(3)4)45(21)58(9)47(61)34-26-25(16-60)37(50)38(51)30-27(26)31(39(52)42(34)55)33-28-29-35(43(56)40(53)32(28)30)48(62)59(49(63)36(29)44(57)41(33)54)46-23(19(5)6)14-11-15-24(46)20(7)8/h10-20H,1-9H3. The van der Waals surface area contributed by atoms with Crippen LogP contribution in [0.5, 0.6) is 0 Å². The Hall–Kier alpha value is -3.56. The van der Waals surface area contributed by atoms with Crippen LogP contribution in [0.15, 0.2) is 36.4 Å². The van der Waals surface area contributed by atoms with Crippen molar-refractivity contribution in [1.82, 2.24) is 0 Å². The molecule has 63 heavy (non-hydrogen) atoms. The van der Waals surface area contributed by atoms with E-state index in [0.717, 1.165) is 27.2 Å². The van der Waals surface area contributed by atoms with Gasteiger partial charge in [0.1, 0.15) is 0 Å². The van der Waals surface area contributed by atoms with E-state index in [1.165, 1.54) is 4.90 Å². The van der Waals surface area contributed by atoms with Crippen molar-refractivity contribution >= 4 is 171 Å². The lowest BCUT2D eigenvalue weighted by atomic mass is 9.82. The topological polar surface area (TPSA) is 74.8 Å². The van der Waals surface area contributed by atoms with E-state index in [-0.39, 0.29) is 129 Å². The second-order valence-corrected chi connectivity index (χ2v) is 20.2. The van der Waals surface area contributed by atoms with E-state index >= 15 is 14.4 Å². The molecular weight excluding hydrogens is 964 g/mol. The molecule has 324 valence electrons. The molecule has 0 unspecified atom stereocenters. The van der Waals surface area contributed by atoms with Gasteiger partial charge in [0.15, 0.2) is 6.29 Å². The fourth-order valence-corrected chi connectivity index (χ4v) is 11.6. The van der Waals surface area contributed by atoms with Crippen LogP contribution in [0, 0.1) is 0 Å². The number of hydrogen-bond acceptors (Lipinski definition) is 4. The van der Waals surface area contributed by atoms with Crippen molar-refractivity contribution in [2.75, 3.05) is 16.8 Å². The minimum Gasteiger partial charge on any atom is -0.311 e. The molecule has 0 radical (unpaired) electrons. The highest BCUT2D eigenvalue weighted by atomic mass is 35.5. The third-order valence-corrected chi connectivity index (χ3v) is 15.7. The first kappa shape index (κ1) is 46.0. The van der Waals surface area contributed by atoms with E-state index < -0.39 is 17.7 Å². The Morgan fingerprint density at radius 2 is 0.873 bits per heavy atom. The molecule has 0 atom stereocenters. The van der Waals surface area contributed by atoms with Crippen LogP contribution in [0.3, 0.4) is 0 Å². The lowest BCUT2D eigenvalue weighted by Crippen LogP contribution is -2.42. The van der Waals surface area contributed by atoms with Crippen molar-refractivity contribution < 1.29 is 19.2 Å². The maximum absolute atomic E-state index is 15.3. The number of halogens is 8. The molecule has 7 aromatic rings. The van der Waals surface area contributed by atoms with Crippen molar-refractivity contribution in [2.24, 2.45) is 0 Å². The lowest BCUT2D eigenvalue weighted by Gasteiger charge is -2.34. The summed E-state index contributed by atoms with van der Waals surface area (Å²) in [5.41, 5.74) is 3.91. The van der Waals surface area contributed by atoms with Crippen LogP contribution in [-0.2, 0) is 0 Å². The summed E-state index contributed by atoms with van der Waals surface area (Å²) in [7, 11) is 1.64. The van der Waals surface area contributed by atoms with Gasteiger partial charge in [-0.2, -0.15) is 0 Å². The van der Waals surface area contributed by atoms with Crippen molar-refractivity contribution in [3.63, 3.8) is 0 Å². The fraction of sp³-hybridized carbons (Fsp3) is 0.265. The summed E-state index contributed by atoms with van der Waals surface area (Å²) in [5.74, 6) is -2.23. The van der Waals surface area contributed by atoms with Crippen molar-refractivity contribution in [1.29, 1.82) is 0 Å². The van der Waals surface area contributed by atoms with E-state index in [4.69, 9.17) is 92.8 Å². The first-order valence-corrected chi connectivity index (χ1v) is 23.2. The highest BCUT2D eigenvalue weighted by molar-refractivity contribution is 6.63. The molecule has 0 aliphatic carbocycles. The molecule has 0 fully saturated rings. The predicted octanol–water partition coefficient (Wildman–Crippen LogP) is 17.3. The Morgan fingerprint density at radius 3 is 1.27 bits per heavy atom. The highest BCUT2D eigenvalue weighted by Crippen LogP contribution is 2.59. The minimum atomic E-state index is -0.739. The number of para-hydroxylation sites is 2. The zero-order chi connectivity index (χ0) is 46.2. The molecule has 8 rings (SSSR count). The molecule has 0 saturated carbocycles. The molecule has 0 saturated heterocycles. The van der Waals surface area contributed by atoms with Gasteiger partial charge in [0.05, 0.1) is 68.2 Å². The zero-order valence-electron chi connectivity index (χ0n) is 35.4. The first-order chi connectivity index (χ1) is 29.6. The van der Waals surface area contributed by atoms with Gasteiger partial charge in [0.25, 0.3) is 17.7 Å². The Bertz CT molecular complexity index is 3090. The van der Waals surface area contributed by atoms with E-state index in [0.29, 0.717) is 17.7 Å². The van der Waals surface area contributed by atoms with E-state index in [1.807, 2.05) is 91.8 Å². The average molecular weight is 1000 g/mol. The molecule has 14 heteroatoms. The van der Waals surface area contributed by atoms with Crippen LogP contribution in [0.25, 0.3) is 43.1 Å². The number of anilines is 2. The summed E-state index contributed by atoms with van der Waals surface area (Å²) in [4.78, 5) is 61.5. The number of amides is 3. The van der Waals surface area contributed by atoms with E-state index in [2.05, 4.69) is 0 Å². The maximum atomic E-state index is 15.3. The number of carbonyl (C=O) groups is 4. The normalized spacial score (nSPS) is 13.3. The molecule has 0 spiro atoms. The third kappa shape index (κ3) is 6.41. The summed E-state index contributed by atoms with van der Waals surface area (Å²) in [6.07, 6.45) is 0.491. The monoisotopic (exact) mass is 998 g/mol. The Labute approximate surface area is 404 Å². The SMILES string of the molecule is CC(C)c1cccc(C(C)C)c1N(C)C(=O)c1c(Cl)c(Cl)c2c3c(Cl)c(Cl)c4c5c(c(Cl)c(Cl)c(c6c(Cl)c(Cl)c(C=O)c1c62)c53)C(=O)N(c1c(C(C)C)cccc1C(C)C)C4=O. The molecule has 6 nitrogen and oxygen atoms in total. The number of carbonyl (C=O) groups excluding carboxylic acids is 4. The minimum absolute atomic E-state index is 0.0204. The second kappa shape index (κ2) is 16.4. The van der Waals surface area contributed by atoms with Crippen molar-refractivity contribution in [3.05, 3.63) is 121 Å². The van der Waals surface area contributed by atoms with Gasteiger partial charge in [-0.15, -0.1) is 0 Å². The molecular formula is C49H38Cl8N2O4. The lowest BCUT2D eigenvalue weighted by molar-refractivity contribution is 0.0891. The number of hydrogen-bond donors (Lipinski definition) is 0. The second-order valence-electron chi connectivity index (χ2n) is 17.2. The van der Waals surface area contributed by atoms with Crippen LogP contribution in [-0.4, -0.2) is 31.1 Å². The summed E-state index contributed by atoms with van der Waals surface area (Å²) in [5, 5.41) is -0.460. The summed E-state index contributed by atoms with van der Waals surface area (Å²) >= 11 is 58.2. The number of fused-ring (bicyclic) bond motifs is 2. The number of rotatable bonds is 8. The third-order valence-electron chi connectivity index (χ3n) is 12.3. The first-order valence-electron chi connectivity index (χ1n) is 20.2. The molecule has 0 aromatic heterocycles. The van der Waals surface area contributed by atoms with Crippen LogP contribution in [0.1, 0.15) is 143 Å². The Kier molecular flexibility index (Phi) is 12.0. The van der Waals surface area contributed by atoms with Gasteiger partial charge in [-0.1, -0.05) is 185 Å². The summed E-state index contributed by atoms with van der Waals surface area (Å²) in [6.45, 7) is 16.0. The maximum Gasteiger partial charge on any atom is 0.267 e. The van der Waals surface area contributed by atoms with Gasteiger partial charge >= 0.3 is 0 Å². The zero-order valence-corrected chi connectivity index (χ0v) is 41.4. The number of nitrogens with zero attached hydrogens (tertiary/aromatic N) is 2. The van der Waals surface area contributed by atoms with Gasteiger partial charge in [-0.05, 0) is 45.9 Å². The Balaban J connectivity index is 1.57. The van der Waals surface area contributed by atoms with Crippen molar-refractivity contribution in [2.45, 2.75) is 79.1 Å². The Morgan fingerprint density at radius 1 is 0.508 bits per heavy atom. The van der Waals surface area contributed by atoms with Gasteiger partial charge < -0.3 is 4.90 Å². The number of benzene rings is 7. The van der Waals surface area contributed by atoms with Gasteiger partial charge in [0, 0.05) is 55.7 Å². The van der Waals surface area contributed by atoms with Crippen LogP contribution >= 0.6 is 92.8 Å². The van der Waals surface area contributed by atoms with Crippen LogP contribution < -0.4 is 9.80 Å².